The zero-order chi connectivity index (χ0) is 14.0. The van der Waals surface area contributed by atoms with Gasteiger partial charge in [-0.25, -0.2) is 0 Å². The minimum atomic E-state index is -0.510. The summed E-state index contributed by atoms with van der Waals surface area (Å²) in [5.41, 5.74) is 0.892. The van der Waals surface area contributed by atoms with Crippen LogP contribution in [0.25, 0.3) is 0 Å². The monoisotopic (exact) mass is 262 g/mol. The molecule has 1 heterocycles. The number of Topliss-reactive ketones (excluding diaryl/α,β-unsaturated/α-hetero) is 1. The Morgan fingerprint density at radius 3 is 2.47 bits per heavy atom. The summed E-state index contributed by atoms with van der Waals surface area (Å²) in [5.74, 6) is -0.0985. The Labute approximate surface area is 110 Å². The van der Waals surface area contributed by atoms with Gasteiger partial charge in [-0.2, -0.15) is 0 Å². The van der Waals surface area contributed by atoms with E-state index in [1.54, 1.807) is 17.9 Å². The first-order valence-electron chi connectivity index (χ1n) is 6.04. The van der Waals surface area contributed by atoms with Gasteiger partial charge >= 0.3 is 0 Å². The predicted octanol–water partition coefficient (Wildman–Crippen LogP) is 1.71. The molecule has 0 unspecified atom stereocenters. The van der Waals surface area contributed by atoms with Crippen LogP contribution in [0.1, 0.15) is 28.8 Å². The normalized spacial score (nSPS) is 15.4. The molecule has 0 atom stereocenters. The molecule has 1 aliphatic heterocycles. The quantitative estimate of drug-likeness (QED) is 0.600. The van der Waals surface area contributed by atoms with E-state index in [1.807, 2.05) is 0 Å². The number of carbonyl (C=O) groups is 2. The van der Waals surface area contributed by atoms with Crippen LogP contribution in [0.3, 0.4) is 0 Å². The summed E-state index contributed by atoms with van der Waals surface area (Å²) in [7, 11) is 0. The second-order valence-corrected chi connectivity index (χ2v) is 4.65. The fraction of sp³-hybridized carbons (Fsp3) is 0.385. The number of non-ortho nitro benzene ring substituents is 1. The summed E-state index contributed by atoms with van der Waals surface area (Å²) in [6, 6.07) is 4.34. The first-order valence-corrected chi connectivity index (χ1v) is 6.04. The van der Waals surface area contributed by atoms with Crippen LogP contribution in [0.4, 0.5) is 5.69 Å². The van der Waals surface area contributed by atoms with E-state index in [-0.39, 0.29) is 17.4 Å². The Kier molecular flexibility index (Phi) is 3.59. The van der Waals surface area contributed by atoms with Crippen LogP contribution in [0.5, 0.6) is 0 Å². The van der Waals surface area contributed by atoms with Crippen molar-refractivity contribution in [2.24, 2.45) is 0 Å². The number of piperidine rings is 1. The molecule has 1 aromatic carbocycles. The van der Waals surface area contributed by atoms with E-state index in [9.17, 15) is 19.7 Å². The molecule has 1 aromatic rings. The minimum absolute atomic E-state index is 0.0866. The van der Waals surface area contributed by atoms with Gasteiger partial charge in [0.05, 0.1) is 4.92 Å². The number of carbonyl (C=O) groups excluding carboxylic acids is 2. The van der Waals surface area contributed by atoms with Gasteiger partial charge in [0.15, 0.2) is 0 Å². The van der Waals surface area contributed by atoms with E-state index in [0.29, 0.717) is 37.1 Å². The van der Waals surface area contributed by atoms with Gasteiger partial charge < -0.3 is 4.90 Å². The highest BCUT2D eigenvalue weighted by Gasteiger charge is 2.23. The van der Waals surface area contributed by atoms with Gasteiger partial charge in [-0.3, -0.25) is 19.7 Å². The number of benzene rings is 1. The first-order chi connectivity index (χ1) is 8.97. The van der Waals surface area contributed by atoms with Crippen molar-refractivity contribution in [3.63, 3.8) is 0 Å². The highest BCUT2D eigenvalue weighted by atomic mass is 16.6. The number of likely N-dealkylation sites (tertiary alicyclic amines) is 1. The molecule has 0 bridgehead atoms. The lowest BCUT2D eigenvalue weighted by molar-refractivity contribution is -0.384. The predicted molar refractivity (Wildman–Crippen MR) is 68.0 cm³/mol. The number of hydrogen-bond acceptors (Lipinski definition) is 4. The molecule has 6 nitrogen and oxygen atoms in total. The van der Waals surface area contributed by atoms with Crippen molar-refractivity contribution in [3.8, 4) is 0 Å². The zero-order valence-electron chi connectivity index (χ0n) is 10.6. The van der Waals surface area contributed by atoms with Gasteiger partial charge in [-0.05, 0) is 18.6 Å². The topological polar surface area (TPSA) is 80.5 Å². The molecule has 0 aliphatic carbocycles. The zero-order valence-corrected chi connectivity index (χ0v) is 10.6. The van der Waals surface area contributed by atoms with E-state index < -0.39 is 4.92 Å². The number of rotatable bonds is 2. The molecule has 100 valence electrons. The molecular weight excluding hydrogens is 248 g/mol. The standard InChI is InChI=1S/C13H14N2O4/c1-9-6-10(8-11(7-9)15(18)19)13(17)14-4-2-12(16)3-5-14/h6-8H,2-5H2,1H3. The van der Waals surface area contributed by atoms with Crippen molar-refractivity contribution in [3.05, 3.63) is 39.4 Å². The van der Waals surface area contributed by atoms with Gasteiger partial charge in [0.1, 0.15) is 5.78 Å². The summed E-state index contributed by atoms with van der Waals surface area (Å²) in [6.07, 6.45) is 0.722. The number of nitro groups is 1. The lowest BCUT2D eigenvalue weighted by atomic mass is 10.1. The Morgan fingerprint density at radius 1 is 1.26 bits per heavy atom. The van der Waals surface area contributed by atoms with Crippen LogP contribution < -0.4 is 0 Å². The van der Waals surface area contributed by atoms with Crippen molar-refractivity contribution in [2.45, 2.75) is 19.8 Å². The molecule has 1 fully saturated rings. The summed E-state index contributed by atoms with van der Waals surface area (Å²) >= 11 is 0. The molecule has 19 heavy (non-hydrogen) atoms. The number of aryl methyl sites for hydroxylation is 1. The molecule has 2 rings (SSSR count). The summed E-state index contributed by atoms with van der Waals surface area (Å²) in [4.78, 5) is 35.2. The SMILES string of the molecule is Cc1cc(C(=O)N2CCC(=O)CC2)cc([N+](=O)[O-])c1. The number of amides is 1. The second-order valence-electron chi connectivity index (χ2n) is 4.65. The molecule has 0 N–H and O–H groups in total. The number of ketones is 1. The van der Waals surface area contributed by atoms with Crippen molar-refractivity contribution in [1.29, 1.82) is 0 Å². The molecule has 6 heteroatoms. The van der Waals surface area contributed by atoms with Crippen LogP contribution >= 0.6 is 0 Å². The maximum Gasteiger partial charge on any atom is 0.270 e. The van der Waals surface area contributed by atoms with Crippen LogP contribution in [0.15, 0.2) is 18.2 Å². The fourth-order valence-corrected chi connectivity index (χ4v) is 2.13. The number of nitrogens with zero attached hydrogens (tertiary/aromatic N) is 2. The molecule has 0 radical (unpaired) electrons. The maximum absolute atomic E-state index is 12.2. The van der Waals surface area contributed by atoms with Gasteiger partial charge in [0, 0.05) is 43.6 Å². The van der Waals surface area contributed by atoms with E-state index in [2.05, 4.69) is 0 Å². The van der Waals surface area contributed by atoms with Gasteiger partial charge in [-0.1, -0.05) is 0 Å². The first kappa shape index (κ1) is 13.2. The highest BCUT2D eigenvalue weighted by molar-refractivity contribution is 5.96. The van der Waals surface area contributed by atoms with Crippen molar-refractivity contribution in [1.82, 2.24) is 4.90 Å². The maximum atomic E-state index is 12.2. The molecule has 0 saturated carbocycles. The Bertz CT molecular complexity index is 544. The molecule has 1 saturated heterocycles. The van der Waals surface area contributed by atoms with Crippen molar-refractivity contribution < 1.29 is 14.5 Å². The average molecular weight is 262 g/mol. The third-order valence-electron chi connectivity index (χ3n) is 3.13. The Hall–Kier alpha value is -2.24. The summed E-state index contributed by atoms with van der Waals surface area (Å²) in [6.45, 7) is 2.49. The number of nitro benzene ring substituents is 1. The average Bonchev–Trinajstić information content (AvgIpc) is 2.38. The Morgan fingerprint density at radius 2 is 1.89 bits per heavy atom. The van der Waals surface area contributed by atoms with Crippen LogP contribution in [0, 0.1) is 17.0 Å². The smallest absolute Gasteiger partial charge is 0.270 e. The van der Waals surface area contributed by atoms with E-state index >= 15 is 0 Å². The Balaban J connectivity index is 2.23. The molecule has 1 amide bonds. The van der Waals surface area contributed by atoms with Gasteiger partial charge in [0.25, 0.3) is 11.6 Å². The second kappa shape index (κ2) is 5.17. The highest BCUT2D eigenvalue weighted by Crippen LogP contribution is 2.19. The van der Waals surface area contributed by atoms with E-state index in [1.165, 1.54) is 12.1 Å². The largest absolute Gasteiger partial charge is 0.338 e. The molecule has 1 aliphatic rings. The van der Waals surface area contributed by atoms with Gasteiger partial charge in [0.2, 0.25) is 0 Å². The summed E-state index contributed by atoms with van der Waals surface area (Å²) < 4.78 is 0. The van der Waals surface area contributed by atoms with Crippen LogP contribution in [-0.4, -0.2) is 34.6 Å². The van der Waals surface area contributed by atoms with Crippen molar-refractivity contribution in [2.75, 3.05) is 13.1 Å². The van der Waals surface area contributed by atoms with Crippen LogP contribution in [0.2, 0.25) is 0 Å². The van der Waals surface area contributed by atoms with E-state index in [4.69, 9.17) is 0 Å². The lowest BCUT2D eigenvalue weighted by Gasteiger charge is -2.26. The molecular formula is C13H14N2O4. The molecule has 0 spiro atoms. The summed E-state index contributed by atoms with van der Waals surface area (Å²) in [5, 5.41) is 10.8. The molecule has 0 aromatic heterocycles. The minimum Gasteiger partial charge on any atom is -0.338 e. The fourth-order valence-electron chi connectivity index (χ4n) is 2.13. The van der Waals surface area contributed by atoms with Crippen molar-refractivity contribution >= 4 is 17.4 Å². The van der Waals surface area contributed by atoms with Crippen LogP contribution in [-0.2, 0) is 4.79 Å². The number of hydrogen-bond donors (Lipinski definition) is 0. The van der Waals surface area contributed by atoms with Gasteiger partial charge in [-0.15, -0.1) is 0 Å². The third kappa shape index (κ3) is 2.96. The third-order valence-corrected chi connectivity index (χ3v) is 3.13. The van der Waals surface area contributed by atoms with E-state index in [0.717, 1.165) is 0 Å². The lowest BCUT2D eigenvalue weighted by Crippen LogP contribution is -2.38.